The lowest BCUT2D eigenvalue weighted by Gasteiger charge is -2.10. The maximum Gasteiger partial charge on any atom is 0.257 e. The van der Waals surface area contributed by atoms with E-state index in [4.69, 9.17) is 10.9 Å². The lowest BCUT2D eigenvalue weighted by atomic mass is 10.3. The van der Waals surface area contributed by atoms with Crippen molar-refractivity contribution in [1.82, 2.24) is 4.83 Å². The molecule has 2 aromatic carbocycles. The van der Waals surface area contributed by atoms with Crippen LogP contribution in [0.3, 0.4) is 0 Å². The number of anilines is 2. The molecule has 0 unspecified atom stereocenters. The first kappa shape index (κ1) is 16.2. The summed E-state index contributed by atoms with van der Waals surface area (Å²) in [7, 11) is -7.56. The zero-order valence-corrected chi connectivity index (χ0v) is 12.9. The summed E-state index contributed by atoms with van der Waals surface area (Å²) in [5, 5.41) is 4.97. The molecular weight excluding hydrogens is 328 g/mol. The molecule has 0 atom stereocenters. The molecule has 2 rings (SSSR count). The highest BCUT2D eigenvalue weighted by atomic mass is 32.2. The highest BCUT2D eigenvalue weighted by Gasteiger charge is 2.13. The molecule has 0 aromatic heterocycles. The van der Waals surface area contributed by atoms with Crippen molar-refractivity contribution in [3.63, 3.8) is 0 Å². The first-order valence-corrected chi connectivity index (χ1v) is 8.98. The van der Waals surface area contributed by atoms with Crippen LogP contribution >= 0.6 is 0 Å². The van der Waals surface area contributed by atoms with Gasteiger partial charge in [-0.3, -0.25) is 0 Å². The van der Waals surface area contributed by atoms with Crippen LogP contribution in [0.1, 0.15) is 0 Å². The first-order chi connectivity index (χ1) is 10.2. The lowest BCUT2D eigenvalue weighted by molar-refractivity contribution is 0.587. The molecule has 0 aliphatic rings. The zero-order valence-electron chi connectivity index (χ0n) is 11.2. The molecule has 118 valence electrons. The van der Waals surface area contributed by atoms with Crippen LogP contribution in [-0.2, 0) is 20.0 Å². The molecule has 2 aromatic rings. The second kappa shape index (κ2) is 5.93. The molecule has 0 spiro atoms. The minimum Gasteiger partial charge on any atom is -0.399 e. The zero-order chi connectivity index (χ0) is 16.4. The third-order valence-corrected chi connectivity index (χ3v) is 4.90. The Balaban J connectivity index is 2.10. The van der Waals surface area contributed by atoms with Crippen molar-refractivity contribution in [2.45, 2.75) is 9.79 Å². The van der Waals surface area contributed by atoms with E-state index >= 15 is 0 Å². The van der Waals surface area contributed by atoms with Gasteiger partial charge in [0.25, 0.3) is 10.0 Å². The number of primary sulfonamides is 1. The second-order valence-corrected chi connectivity index (χ2v) is 7.61. The molecule has 6 N–H and O–H groups in total. The summed E-state index contributed by atoms with van der Waals surface area (Å²) in [4.78, 5) is 2.14. The third-order valence-electron chi connectivity index (χ3n) is 2.70. The highest BCUT2D eigenvalue weighted by molar-refractivity contribution is 7.89. The van der Waals surface area contributed by atoms with E-state index in [1.807, 2.05) is 0 Å². The van der Waals surface area contributed by atoms with Crippen LogP contribution < -0.4 is 21.1 Å². The minimum absolute atomic E-state index is 0.0374. The summed E-state index contributed by atoms with van der Waals surface area (Å²) >= 11 is 0. The normalized spacial score (nSPS) is 12.0. The quantitative estimate of drug-likeness (QED) is 0.452. The Morgan fingerprint density at radius 2 is 1.27 bits per heavy atom. The van der Waals surface area contributed by atoms with Gasteiger partial charge in [-0.05, 0) is 48.5 Å². The van der Waals surface area contributed by atoms with Crippen molar-refractivity contribution in [2.75, 3.05) is 11.2 Å². The molecule has 0 heterocycles. The minimum atomic E-state index is -3.79. The van der Waals surface area contributed by atoms with Gasteiger partial charge in [0.2, 0.25) is 10.0 Å². The molecule has 0 radical (unpaired) electrons. The molecular formula is C12H14N4O4S2. The van der Waals surface area contributed by atoms with Gasteiger partial charge in [0.05, 0.1) is 9.79 Å². The average molecular weight is 342 g/mol. The number of rotatable bonds is 5. The number of hydrazine groups is 1. The van der Waals surface area contributed by atoms with Crippen molar-refractivity contribution in [3.05, 3.63) is 48.5 Å². The van der Waals surface area contributed by atoms with Gasteiger partial charge in [0.1, 0.15) is 0 Å². The molecule has 0 aliphatic carbocycles. The van der Waals surface area contributed by atoms with E-state index in [0.717, 1.165) is 0 Å². The smallest absolute Gasteiger partial charge is 0.257 e. The van der Waals surface area contributed by atoms with E-state index in [0.29, 0.717) is 11.4 Å². The number of nitrogen functional groups attached to an aromatic ring is 1. The number of nitrogens with two attached hydrogens (primary N) is 2. The van der Waals surface area contributed by atoms with Gasteiger partial charge in [-0.2, -0.15) is 0 Å². The van der Waals surface area contributed by atoms with Crippen LogP contribution in [0.5, 0.6) is 0 Å². The predicted molar refractivity (Wildman–Crippen MR) is 82.6 cm³/mol. The Morgan fingerprint density at radius 3 is 1.77 bits per heavy atom. The van der Waals surface area contributed by atoms with Crippen molar-refractivity contribution in [2.24, 2.45) is 5.14 Å². The fourth-order valence-corrected chi connectivity index (χ4v) is 2.94. The highest BCUT2D eigenvalue weighted by Crippen LogP contribution is 2.14. The molecule has 10 heteroatoms. The van der Waals surface area contributed by atoms with Crippen LogP contribution in [0.15, 0.2) is 58.3 Å². The van der Waals surface area contributed by atoms with Gasteiger partial charge in [-0.25, -0.2) is 22.0 Å². The number of sulfonamides is 2. The molecule has 0 aliphatic heterocycles. The average Bonchev–Trinajstić information content (AvgIpc) is 2.45. The SMILES string of the molecule is Nc1ccc(S(=O)(=O)NNc2ccc(S(N)(=O)=O)cc2)cc1. The van der Waals surface area contributed by atoms with Gasteiger partial charge in [-0.1, -0.05) is 0 Å². The van der Waals surface area contributed by atoms with Crippen LogP contribution in [0.25, 0.3) is 0 Å². The van der Waals surface area contributed by atoms with Crippen LogP contribution in [0.2, 0.25) is 0 Å². The van der Waals surface area contributed by atoms with E-state index in [9.17, 15) is 16.8 Å². The third kappa shape index (κ3) is 3.95. The van der Waals surface area contributed by atoms with Crippen molar-refractivity contribution in [1.29, 1.82) is 0 Å². The molecule has 22 heavy (non-hydrogen) atoms. The maximum atomic E-state index is 12.0. The number of nitrogens with one attached hydrogen (secondary N) is 2. The number of benzene rings is 2. The topological polar surface area (TPSA) is 144 Å². The molecule has 0 saturated heterocycles. The van der Waals surface area contributed by atoms with Crippen molar-refractivity contribution < 1.29 is 16.8 Å². The van der Waals surface area contributed by atoms with Gasteiger partial charge in [0.15, 0.2) is 0 Å². The Morgan fingerprint density at radius 1 is 0.773 bits per heavy atom. The van der Waals surface area contributed by atoms with E-state index < -0.39 is 20.0 Å². The summed E-state index contributed by atoms with van der Waals surface area (Å²) in [6.07, 6.45) is 0. The van der Waals surface area contributed by atoms with E-state index in [1.54, 1.807) is 0 Å². The van der Waals surface area contributed by atoms with Crippen LogP contribution in [0.4, 0.5) is 11.4 Å². The van der Waals surface area contributed by atoms with Crippen LogP contribution in [0, 0.1) is 0 Å². The summed E-state index contributed by atoms with van der Waals surface area (Å²) in [5.74, 6) is 0. The number of hydrogen-bond donors (Lipinski definition) is 4. The van der Waals surface area contributed by atoms with E-state index in [-0.39, 0.29) is 9.79 Å². The predicted octanol–water partition coefficient (Wildman–Crippen LogP) is 0.222. The Kier molecular flexibility index (Phi) is 4.37. The van der Waals surface area contributed by atoms with Crippen molar-refractivity contribution >= 4 is 31.4 Å². The molecule has 0 fully saturated rings. The first-order valence-electron chi connectivity index (χ1n) is 5.95. The largest absolute Gasteiger partial charge is 0.399 e. The molecule has 0 amide bonds. The lowest BCUT2D eigenvalue weighted by Crippen LogP contribution is -2.29. The summed E-state index contributed by atoms with van der Waals surface area (Å²) in [6, 6.07) is 10.9. The second-order valence-electron chi connectivity index (χ2n) is 4.37. The molecule has 0 saturated carbocycles. The Bertz CT molecular complexity index is 860. The monoisotopic (exact) mass is 342 g/mol. The van der Waals surface area contributed by atoms with Crippen LogP contribution in [-0.4, -0.2) is 16.8 Å². The fourth-order valence-electron chi connectivity index (χ4n) is 1.56. The Hall–Kier alpha value is -2.14. The van der Waals surface area contributed by atoms with Gasteiger partial charge < -0.3 is 11.2 Å². The van der Waals surface area contributed by atoms with Gasteiger partial charge in [-0.15, -0.1) is 4.83 Å². The molecule has 8 nitrogen and oxygen atoms in total. The maximum absolute atomic E-state index is 12.0. The standard InChI is InChI=1S/C12H14N4O4S2/c13-9-1-5-12(6-2-9)22(19,20)16-15-10-3-7-11(8-4-10)21(14,17)18/h1-8,15-16H,13H2,(H2,14,17,18). The van der Waals surface area contributed by atoms with E-state index in [2.05, 4.69) is 10.3 Å². The molecule has 0 bridgehead atoms. The van der Waals surface area contributed by atoms with Gasteiger partial charge >= 0.3 is 0 Å². The van der Waals surface area contributed by atoms with Gasteiger partial charge in [0, 0.05) is 11.4 Å². The fraction of sp³-hybridized carbons (Fsp3) is 0. The summed E-state index contributed by atoms with van der Waals surface area (Å²) in [6.45, 7) is 0. The Labute approximate surface area is 128 Å². The number of hydrogen-bond acceptors (Lipinski definition) is 6. The summed E-state index contributed by atoms with van der Waals surface area (Å²) in [5.41, 5.74) is 8.77. The summed E-state index contributed by atoms with van der Waals surface area (Å²) < 4.78 is 46.2. The van der Waals surface area contributed by atoms with Crippen molar-refractivity contribution in [3.8, 4) is 0 Å². The van der Waals surface area contributed by atoms with E-state index in [1.165, 1.54) is 48.5 Å².